The number of fused-ring (bicyclic) bond motifs is 6. The first-order valence-electron chi connectivity index (χ1n) is 13.6. The Morgan fingerprint density at radius 2 is 1.53 bits per heavy atom. The summed E-state index contributed by atoms with van der Waals surface area (Å²) in [5.74, 6) is 0.150. The predicted octanol–water partition coefficient (Wildman–Crippen LogP) is 6.92. The fraction of sp³-hybridized carbons (Fsp3) is 0.303. The van der Waals surface area contributed by atoms with Gasteiger partial charge in [0.05, 0.1) is 5.52 Å². The number of ketones is 1. The van der Waals surface area contributed by atoms with Crippen molar-refractivity contribution in [2.75, 3.05) is 6.61 Å². The third-order valence-electron chi connectivity index (χ3n) is 8.94. The second-order valence-electron chi connectivity index (χ2n) is 10.9. The highest BCUT2D eigenvalue weighted by molar-refractivity contribution is 6.03. The molecule has 1 aromatic heterocycles. The molecule has 1 aliphatic carbocycles. The monoisotopic (exact) mass is 502 g/mol. The Labute approximate surface area is 222 Å². The van der Waals surface area contributed by atoms with Gasteiger partial charge < -0.3 is 9.64 Å². The summed E-state index contributed by atoms with van der Waals surface area (Å²) < 4.78 is 6.00. The average molecular weight is 503 g/mol. The van der Waals surface area contributed by atoms with Gasteiger partial charge >= 0.3 is 6.09 Å². The lowest BCUT2D eigenvalue weighted by Crippen LogP contribution is -2.48. The second kappa shape index (κ2) is 9.09. The van der Waals surface area contributed by atoms with E-state index in [0.717, 1.165) is 34.9 Å². The molecule has 1 amide bonds. The summed E-state index contributed by atoms with van der Waals surface area (Å²) >= 11 is 0. The van der Waals surface area contributed by atoms with E-state index in [0.29, 0.717) is 19.4 Å². The molecule has 2 aliphatic heterocycles. The van der Waals surface area contributed by atoms with Crippen LogP contribution in [0.2, 0.25) is 0 Å². The van der Waals surface area contributed by atoms with E-state index in [-0.39, 0.29) is 35.8 Å². The van der Waals surface area contributed by atoms with Crippen LogP contribution in [0.3, 0.4) is 0 Å². The summed E-state index contributed by atoms with van der Waals surface area (Å²) in [6.45, 7) is 2.32. The SMILES string of the molecule is Cc1c(C(=O)C2CC3CCC(C2)N3C(=O)OCC2c3ccccc3-c3ccccc32)ccc2cccnc12. The van der Waals surface area contributed by atoms with Crippen LogP contribution in [0.5, 0.6) is 0 Å². The molecule has 2 atom stereocenters. The van der Waals surface area contributed by atoms with Gasteiger partial charge in [-0.1, -0.05) is 66.7 Å². The smallest absolute Gasteiger partial charge is 0.410 e. The number of aromatic nitrogens is 1. The first kappa shape index (κ1) is 23.2. The number of carbonyl (C=O) groups is 2. The van der Waals surface area contributed by atoms with Crippen molar-refractivity contribution in [3.05, 3.63) is 101 Å². The van der Waals surface area contributed by atoms with Crippen LogP contribution in [0, 0.1) is 12.8 Å². The van der Waals surface area contributed by atoms with Gasteiger partial charge in [-0.05, 0) is 66.5 Å². The Morgan fingerprint density at radius 1 is 0.868 bits per heavy atom. The molecule has 3 heterocycles. The molecule has 0 saturated carbocycles. The van der Waals surface area contributed by atoms with Gasteiger partial charge in [-0.15, -0.1) is 0 Å². The van der Waals surface area contributed by atoms with E-state index in [1.54, 1.807) is 6.20 Å². The Kier molecular flexibility index (Phi) is 5.54. The lowest BCUT2D eigenvalue weighted by Gasteiger charge is -2.38. The van der Waals surface area contributed by atoms with Crippen molar-refractivity contribution in [3.8, 4) is 11.1 Å². The predicted molar refractivity (Wildman–Crippen MR) is 147 cm³/mol. The largest absolute Gasteiger partial charge is 0.448 e. The highest BCUT2D eigenvalue weighted by Gasteiger charge is 2.46. The zero-order valence-corrected chi connectivity index (χ0v) is 21.5. The Bertz CT molecular complexity index is 1520. The standard InChI is InChI=1S/C33H30N2O3/c1-20-25(15-12-21-7-6-16-34-31(20)21)32(36)22-17-23-13-14-24(18-22)35(23)33(37)38-19-30-28-10-4-2-8-26(28)27-9-3-5-11-29(27)30/h2-12,15-16,22-24,30H,13-14,17-19H2,1H3. The van der Waals surface area contributed by atoms with Gasteiger partial charge in [-0.25, -0.2) is 4.79 Å². The molecule has 2 saturated heterocycles. The van der Waals surface area contributed by atoms with Crippen LogP contribution in [-0.4, -0.2) is 40.5 Å². The number of hydrogen-bond donors (Lipinski definition) is 0. The van der Waals surface area contributed by atoms with Gasteiger partial charge in [0.15, 0.2) is 5.78 Å². The summed E-state index contributed by atoms with van der Waals surface area (Å²) in [7, 11) is 0. The van der Waals surface area contributed by atoms with E-state index in [4.69, 9.17) is 4.74 Å². The van der Waals surface area contributed by atoms with E-state index < -0.39 is 0 Å². The van der Waals surface area contributed by atoms with Crippen molar-refractivity contribution in [2.45, 2.75) is 50.6 Å². The van der Waals surface area contributed by atoms with Gasteiger partial charge in [0.1, 0.15) is 6.61 Å². The van der Waals surface area contributed by atoms with Crippen molar-refractivity contribution >= 4 is 22.8 Å². The van der Waals surface area contributed by atoms with Gasteiger partial charge in [0.25, 0.3) is 0 Å². The second-order valence-corrected chi connectivity index (χ2v) is 10.9. The number of nitrogens with zero attached hydrogens (tertiary/aromatic N) is 2. The summed E-state index contributed by atoms with van der Waals surface area (Å²) in [5.41, 5.74) is 7.47. The lowest BCUT2D eigenvalue weighted by molar-refractivity contribution is 0.0506. The molecule has 38 heavy (non-hydrogen) atoms. The molecule has 3 aromatic carbocycles. The normalized spacial score (nSPS) is 21.8. The maximum Gasteiger partial charge on any atom is 0.410 e. The number of benzene rings is 3. The van der Waals surface area contributed by atoms with Crippen molar-refractivity contribution in [2.24, 2.45) is 5.92 Å². The van der Waals surface area contributed by atoms with E-state index >= 15 is 0 Å². The van der Waals surface area contributed by atoms with Gasteiger partial charge in [0.2, 0.25) is 0 Å². The molecule has 2 unspecified atom stereocenters. The Hall–Kier alpha value is -3.99. The van der Waals surface area contributed by atoms with E-state index in [2.05, 4.69) is 53.5 Å². The molecular weight excluding hydrogens is 472 g/mol. The molecule has 0 spiro atoms. The summed E-state index contributed by atoms with van der Waals surface area (Å²) in [4.78, 5) is 33.5. The lowest BCUT2D eigenvalue weighted by atomic mass is 9.83. The molecule has 0 radical (unpaired) electrons. The van der Waals surface area contributed by atoms with Crippen molar-refractivity contribution in [1.29, 1.82) is 0 Å². The number of piperidine rings is 1. The Balaban J connectivity index is 1.06. The van der Waals surface area contributed by atoms with Crippen LogP contribution in [0.1, 0.15) is 58.6 Å². The van der Waals surface area contributed by atoms with Crippen LogP contribution in [0.25, 0.3) is 22.0 Å². The van der Waals surface area contributed by atoms with E-state index in [1.165, 1.54) is 22.3 Å². The summed E-state index contributed by atoms with van der Waals surface area (Å²) in [5, 5.41) is 1.05. The van der Waals surface area contributed by atoms with E-state index in [9.17, 15) is 9.59 Å². The minimum atomic E-state index is -0.239. The summed E-state index contributed by atoms with van der Waals surface area (Å²) in [6, 6.07) is 24.8. The fourth-order valence-corrected chi connectivity index (χ4v) is 7.14. The molecular formula is C33H30N2O3. The number of aryl methyl sites for hydroxylation is 1. The first-order valence-corrected chi connectivity index (χ1v) is 13.6. The quantitative estimate of drug-likeness (QED) is 0.284. The maximum absolute atomic E-state index is 13.6. The first-order chi connectivity index (χ1) is 18.6. The molecule has 5 nitrogen and oxygen atoms in total. The van der Waals surface area contributed by atoms with Crippen molar-refractivity contribution < 1.29 is 14.3 Å². The molecule has 2 fully saturated rings. The third kappa shape index (κ3) is 3.64. The highest BCUT2D eigenvalue weighted by Crippen LogP contribution is 2.45. The third-order valence-corrected chi connectivity index (χ3v) is 8.94. The number of amides is 1. The molecule has 3 aliphatic rings. The zero-order valence-electron chi connectivity index (χ0n) is 21.5. The fourth-order valence-electron chi connectivity index (χ4n) is 7.14. The number of rotatable bonds is 4. The molecule has 2 bridgehead atoms. The van der Waals surface area contributed by atoms with Gasteiger partial charge in [-0.2, -0.15) is 0 Å². The van der Waals surface area contributed by atoms with Crippen LogP contribution in [0.4, 0.5) is 4.79 Å². The summed E-state index contributed by atoms with van der Waals surface area (Å²) in [6.07, 6.45) is 4.78. The van der Waals surface area contributed by atoms with Gasteiger partial charge in [0, 0.05) is 41.1 Å². The number of hydrogen-bond acceptors (Lipinski definition) is 4. The minimum absolute atomic E-state index is 0.0487. The number of Topliss-reactive ketones (excluding diaryl/α,β-unsaturated/α-hetero) is 1. The molecule has 7 rings (SSSR count). The topological polar surface area (TPSA) is 59.5 Å². The number of carbonyl (C=O) groups excluding carboxylic acids is 2. The molecule has 0 N–H and O–H groups in total. The zero-order chi connectivity index (χ0) is 25.8. The highest BCUT2D eigenvalue weighted by atomic mass is 16.6. The van der Waals surface area contributed by atoms with Crippen molar-refractivity contribution in [3.63, 3.8) is 0 Å². The van der Waals surface area contributed by atoms with Crippen LogP contribution >= 0.6 is 0 Å². The molecule has 190 valence electrons. The van der Waals surface area contributed by atoms with Crippen LogP contribution in [-0.2, 0) is 4.74 Å². The number of pyridine rings is 1. The maximum atomic E-state index is 13.6. The van der Waals surface area contributed by atoms with Crippen molar-refractivity contribution in [1.82, 2.24) is 9.88 Å². The van der Waals surface area contributed by atoms with E-state index in [1.807, 2.05) is 36.1 Å². The minimum Gasteiger partial charge on any atom is -0.448 e. The van der Waals surface area contributed by atoms with Gasteiger partial charge in [-0.3, -0.25) is 9.78 Å². The van der Waals surface area contributed by atoms with Crippen LogP contribution in [0.15, 0.2) is 79.0 Å². The molecule has 4 aromatic rings. The van der Waals surface area contributed by atoms with Crippen LogP contribution < -0.4 is 0 Å². The number of ether oxygens (including phenoxy) is 1. The Morgan fingerprint density at radius 3 is 2.21 bits per heavy atom. The molecule has 5 heteroatoms. The average Bonchev–Trinajstić information content (AvgIpc) is 3.42.